The summed E-state index contributed by atoms with van der Waals surface area (Å²) in [4.78, 5) is 0. The van der Waals surface area contributed by atoms with Gasteiger partial charge in [-0.25, -0.2) is 0 Å². The average Bonchev–Trinajstić information content (AvgIpc) is 1.94. The summed E-state index contributed by atoms with van der Waals surface area (Å²) < 4.78 is 0. The van der Waals surface area contributed by atoms with E-state index in [-0.39, 0.29) is 0 Å². The second kappa shape index (κ2) is 3.67. The predicted molar refractivity (Wildman–Crippen MR) is 43.6 cm³/mol. The molecule has 2 heteroatoms. The Kier molecular flexibility index (Phi) is 3.13. The SMILES string of the molecule is C[C@H]1CCSCSC1. The molecule has 0 aromatic rings. The third-order valence-electron chi connectivity index (χ3n) is 1.32. The Labute approximate surface area is 59.8 Å². The average molecular weight is 148 g/mol. The normalized spacial score (nSPS) is 31.9. The van der Waals surface area contributed by atoms with Crippen LogP contribution in [0.4, 0.5) is 0 Å². The Hall–Kier alpha value is 0.700. The molecular formula is C6H12S2. The zero-order chi connectivity index (χ0) is 5.82. The first-order valence-corrected chi connectivity index (χ1v) is 5.36. The van der Waals surface area contributed by atoms with Gasteiger partial charge in [0.1, 0.15) is 0 Å². The second-order valence-electron chi connectivity index (χ2n) is 2.29. The predicted octanol–water partition coefficient (Wildman–Crippen LogP) is 2.45. The van der Waals surface area contributed by atoms with Crippen LogP contribution in [0.25, 0.3) is 0 Å². The van der Waals surface area contributed by atoms with E-state index in [0.717, 1.165) is 5.92 Å². The first kappa shape index (κ1) is 6.81. The minimum absolute atomic E-state index is 0.968. The molecule has 8 heavy (non-hydrogen) atoms. The van der Waals surface area contributed by atoms with Gasteiger partial charge in [-0.05, 0) is 23.8 Å². The highest BCUT2D eigenvalue weighted by Crippen LogP contribution is 2.23. The van der Waals surface area contributed by atoms with Crippen LogP contribution >= 0.6 is 23.5 Å². The number of thioether (sulfide) groups is 2. The fourth-order valence-electron chi connectivity index (χ4n) is 0.735. The summed E-state index contributed by atoms with van der Waals surface area (Å²) in [6.07, 6.45) is 1.43. The largest absolute Gasteiger partial charge is 0.151 e. The van der Waals surface area contributed by atoms with Gasteiger partial charge >= 0.3 is 0 Å². The maximum Gasteiger partial charge on any atom is 0.0392 e. The Morgan fingerprint density at radius 3 is 3.12 bits per heavy atom. The quantitative estimate of drug-likeness (QED) is 0.517. The van der Waals surface area contributed by atoms with Crippen LogP contribution in [0.1, 0.15) is 13.3 Å². The highest BCUT2D eigenvalue weighted by Gasteiger charge is 2.05. The van der Waals surface area contributed by atoms with Crippen molar-refractivity contribution in [2.24, 2.45) is 5.92 Å². The van der Waals surface area contributed by atoms with E-state index in [1.165, 1.54) is 23.0 Å². The Morgan fingerprint density at radius 2 is 2.25 bits per heavy atom. The lowest BCUT2D eigenvalue weighted by Crippen LogP contribution is -1.95. The van der Waals surface area contributed by atoms with Gasteiger partial charge in [-0.3, -0.25) is 0 Å². The fourth-order valence-corrected chi connectivity index (χ4v) is 3.20. The summed E-state index contributed by atoms with van der Waals surface area (Å²) >= 11 is 4.17. The van der Waals surface area contributed by atoms with Crippen molar-refractivity contribution in [3.05, 3.63) is 0 Å². The zero-order valence-electron chi connectivity index (χ0n) is 5.22. The van der Waals surface area contributed by atoms with Gasteiger partial charge in [0.25, 0.3) is 0 Å². The van der Waals surface area contributed by atoms with Gasteiger partial charge < -0.3 is 0 Å². The van der Waals surface area contributed by atoms with Crippen molar-refractivity contribution in [1.29, 1.82) is 0 Å². The highest BCUT2D eigenvalue weighted by molar-refractivity contribution is 8.16. The maximum atomic E-state index is 2.35. The molecular weight excluding hydrogens is 136 g/mol. The molecule has 1 aliphatic rings. The van der Waals surface area contributed by atoms with Crippen molar-refractivity contribution in [3.63, 3.8) is 0 Å². The second-order valence-corrected chi connectivity index (χ2v) is 4.79. The van der Waals surface area contributed by atoms with Gasteiger partial charge in [-0.1, -0.05) is 6.92 Å². The molecule has 0 nitrogen and oxygen atoms in total. The van der Waals surface area contributed by atoms with E-state index in [9.17, 15) is 0 Å². The monoisotopic (exact) mass is 148 g/mol. The number of hydrogen-bond acceptors (Lipinski definition) is 2. The molecule has 0 spiro atoms. The Bertz CT molecular complexity index is 55.5. The van der Waals surface area contributed by atoms with Crippen LogP contribution in [0.3, 0.4) is 0 Å². The molecule has 0 unspecified atom stereocenters. The highest BCUT2D eigenvalue weighted by atomic mass is 32.2. The summed E-state index contributed by atoms with van der Waals surface area (Å²) in [5.41, 5.74) is 0. The molecule has 0 aromatic heterocycles. The lowest BCUT2D eigenvalue weighted by atomic mass is 10.2. The molecule has 1 aliphatic heterocycles. The lowest BCUT2D eigenvalue weighted by molar-refractivity contribution is 0.646. The number of rotatable bonds is 0. The van der Waals surface area contributed by atoms with Gasteiger partial charge in [0.15, 0.2) is 0 Å². The van der Waals surface area contributed by atoms with Crippen molar-refractivity contribution >= 4 is 23.5 Å². The van der Waals surface area contributed by atoms with Crippen LogP contribution in [-0.4, -0.2) is 16.6 Å². The summed E-state index contributed by atoms with van der Waals surface area (Å²) in [6, 6.07) is 0. The van der Waals surface area contributed by atoms with Gasteiger partial charge in [-0.15, -0.1) is 0 Å². The third-order valence-corrected chi connectivity index (χ3v) is 3.99. The van der Waals surface area contributed by atoms with E-state index in [1.54, 1.807) is 0 Å². The summed E-state index contributed by atoms with van der Waals surface area (Å²) in [5, 5.41) is 1.32. The van der Waals surface area contributed by atoms with E-state index in [1.807, 2.05) is 0 Å². The third kappa shape index (κ3) is 2.31. The van der Waals surface area contributed by atoms with Crippen LogP contribution in [0.5, 0.6) is 0 Å². The van der Waals surface area contributed by atoms with Crippen molar-refractivity contribution < 1.29 is 0 Å². The standard InChI is InChI=1S/C6H12S2/c1-6-2-3-7-5-8-4-6/h6H,2-5H2,1H3/t6-/m0/s1. The van der Waals surface area contributed by atoms with Gasteiger partial charge in [-0.2, -0.15) is 23.5 Å². The molecule has 0 saturated carbocycles. The minimum Gasteiger partial charge on any atom is -0.151 e. The fraction of sp³-hybridized carbons (Fsp3) is 1.00. The molecule has 0 N–H and O–H groups in total. The smallest absolute Gasteiger partial charge is 0.0392 e. The van der Waals surface area contributed by atoms with Crippen molar-refractivity contribution in [3.8, 4) is 0 Å². The van der Waals surface area contributed by atoms with Crippen LogP contribution in [0.15, 0.2) is 0 Å². The topological polar surface area (TPSA) is 0 Å². The summed E-state index contributed by atoms with van der Waals surface area (Å²) in [5.74, 6) is 3.73. The van der Waals surface area contributed by atoms with Crippen LogP contribution < -0.4 is 0 Å². The van der Waals surface area contributed by atoms with Gasteiger partial charge in [0.2, 0.25) is 0 Å². The van der Waals surface area contributed by atoms with E-state index in [2.05, 4.69) is 30.4 Å². The molecule has 0 bridgehead atoms. The summed E-state index contributed by atoms with van der Waals surface area (Å²) in [7, 11) is 0. The molecule has 1 heterocycles. The zero-order valence-corrected chi connectivity index (χ0v) is 6.86. The first-order valence-electron chi connectivity index (χ1n) is 3.05. The molecule has 0 aromatic carbocycles. The van der Waals surface area contributed by atoms with Gasteiger partial charge in [0.05, 0.1) is 0 Å². The van der Waals surface area contributed by atoms with Gasteiger partial charge in [0, 0.05) is 5.08 Å². The molecule has 1 fully saturated rings. The Balaban J connectivity index is 2.17. The van der Waals surface area contributed by atoms with Crippen LogP contribution in [0, 0.1) is 5.92 Å². The molecule has 1 atom stereocenters. The molecule has 0 radical (unpaired) electrons. The summed E-state index contributed by atoms with van der Waals surface area (Å²) in [6.45, 7) is 2.35. The molecule has 48 valence electrons. The van der Waals surface area contributed by atoms with E-state index >= 15 is 0 Å². The molecule has 1 saturated heterocycles. The molecule has 1 rings (SSSR count). The maximum absolute atomic E-state index is 2.35. The van der Waals surface area contributed by atoms with E-state index in [4.69, 9.17) is 0 Å². The van der Waals surface area contributed by atoms with Crippen molar-refractivity contribution in [2.45, 2.75) is 13.3 Å². The van der Waals surface area contributed by atoms with Crippen LogP contribution in [-0.2, 0) is 0 Å². The van der Waals surface area contributed by atoms with E-state index in [0.29, 0.717) is 0 Å². The lowest BCUT2D eigenvalue weighted by Gasteiger charge is -2.01. The van der Waals surface area contributed by atoms with Crippen LogP contribution in [0.2, 0.25) is 0 Å². The minimum atomic E-state index is 0.968. The molecule has 0 amide bonds. The number of hydrogen-bond donors (Lipinski definition) is 0. The first-order chi connectivity index (χ1) is 3.89. The molecule has 0 aliphatic carbocycles. The van der Waals surface area contributed by atoms with E-state index < -0.39 is 0 Å². The Morgan fingerprint density at radius 1 is 1.38 bits per heavy atom. The van der Waals surface area contributed by atoms with Crippen molar-refractivity contribution in [2.75, 3.05) is 16.6 Å². The van der Waals surface area contributed by atoms with Crippen molar-refractivity contribution in [1.82, 2.24) is 0 Å².